The molecule has 6 heteroatoms. The van der Waals surface area contributed by atoms with Crippen LogP contribution in [0.5, 0.6) is 0 Å². The van der Waals surface area contributed by atoms with Crippen molar-refractivity contribution in [2.24, 2.45) is 0 Å². The van der Waals surface area contributed by atoms with Crippen molar-refractivity contribution in [1.82, 2.24) is 9.47 Å². The van der Waals surface area contributed by atoms with Crippen LogP contribution in [0.15, 0.2) is 95.6 Å². The van der Waals surface area contributed by atoms with E-state index in [1.165, 1.54) is 0 Å². The van der Waals surface area contributed by atoms with Crippen LogP contribution in [-0.2, 0) is 4.79 Å². The van der Waals surface area contributed by atoms with Crippen LogP contribution in [0.2, 0.25) is 0 Å². The van der Waals surface area contributed by atoms with Gasteiger partial charge in [-0.1, -0.05) is 57.9 Å². The maximum atomic E-state index is 14.2. The average molecular weight is 542 g/mol. The molecule has 4 aromatic rings. The molecule has 5 nitrogen and oxygen atoms in total. The molecule has 182 valence electrons. The number of carbonyl (C=O) groups is 2. The number of hydrogen-bond donors (Lipinski definition) is 0. The minimum absolute atomic E-state index is 0.0238. The van der Waals surface area contributed by atoms with Gasteiger partial charge in [0, 0.05) is 22.3 Å². The molecule has 1 atom stereocenters. The largest absolute Gasteiger partial charge is 0.327 e. The Balaban J connectivity index is 1.56. The fourth-order valence-corrected chi connectivity index (χ4v) is 5.06. The lowest BCUT2D eigenvalue weighted by Gasteiger charge is -2.40. The normalized spacial score (nSPS) is 14.4. The predicted molar refractivity (Wildman–Crippen MR) is 147 cm³/mol. The minimum Gasteiger partial charge on any atom is -0.327 e. The SMILES string of the molecule is Cc1ccc(C2c3cccn3-c3ccccc3N2C(=O)CN(C(=O)c2ccc(Br)cc2)C(C)C)cc1. The van der Waals surface area contributed by atoms with Crippen LogP contribution in [0.1, 0.15) is 47.1 Å². The van der Waals surface area contributed by atoms with Crippen molar-refractivity contribution < 1.29 is 9.59 Å². The highest BCUT2D eigenvalue weighted by atomic mass is 79.9. The fraction of sp³-hybridized carbons (Fsp3) is 0.200. The molecular weight excluding hydrogens is 514 g/mol. The molecule has 36 heavy (non-hydrogen) atoms. The summed E-state index contributed by atoms with van der Waals surface area (Å²) in [5.41, 5.74) is 5.54. The van der Waals surface area contributed by atoms with Gasteiger partial charge in [-0.25, -0.2) is 0 Å². The van der Waals surface area contributed by atoms with Gasteiger partial charge in [0.05, 0.1) is 17.1 Å². The molecule has 1 unspecified atom stereocenters. The molecule has 1 aliphatic rings. The number of fused-ring (bicyclic) bond motifs is 3. The number of carbonyl (C=O) groups excluding carboxylic acids is 2. The molecule has 0 aliphatic carbocycles. The molecule has 3 aromatic carbocycles. The number of benzene rings is 3. The van der Waals surface area contributed by atoms with Gasteiger partial charge in [-0.3, -0.25) is 14.5 Å². The van der Waals surface area contributed by atoms with Crippen molar-refractivity contribution >= 4 is 33.4 Å². The smallest absolute Gasteiger partial charge is 0.254 e. The molecule has 0 saturated heterocycles. The number of hydrogen-bond acceptors (Lipinski definition) is 2. The summed E-state index contributed by atoms with van der Waals surface area (Å²) in [4.78, 5) is 31.1. The summed E-state index contributed by atoms with van der Waals surface area (Å²) in [6.07, 6.45) is 2.04. The summed E-state index contributed by atoms with van der Waals surface area (Å²) in [6, 6.07) is 27.1. The first-order chi connectivity index (χ1) is 17.3. The summed E-state index contributed by atoms with van der Waals surface area (Å²) < 4.78 is 3.05. The number of anilines is 1. The van der Waals surface area contributed by atoms with Crippen LogP contribution < -0.4 is 4.90 Å². The van der Waals surface area contributed by atoms with Crippen LogP contribution in [0.3, 0.4) is 0 Å². The Kier molecular flexibility index (Phi) is 6.54. The summed E-state index contributed by atoms with van der Waals surface area (Å²) in [7, 11) is 0. The lowest BCUT2D eigenvalue weighted by molar-refractivity contribution is -0.120. The molecule has 1 aromatic heterocycles. The first kappa shape index (κ1) is 24.1. The Labute approximate surface area is 220 Å². The van der Waals surface area contributed by atoms with Crippen molar-refractivity contribution in [3.8, 4) is 5.69 Å². The third kappa shape index (κ3) is 4.37. The molecular formula is C30H28BrN3O2. The van der Waals surface area contributed by atoms with Gasteiger partial charge in [-0.2, -0.15) is 0 Å². The Morgan fingerprint density at radius 2 is 1.56 bits per heavy atom. The second-order valence-corrected chi connectivity index (χ2v) is 10.3. The first-order valence-electron chi connectivity index (χ1n) is 12.1. The number of rotatable bonds is 5. The van der Waals surface area contributed by atoms with E-state index >= 15 is 0 Å². The highest BCUT2D eigenvalue weighted by molar-refractivity contribution is 9.10. The molecule has 0 saturated carbocycles. The van der Waals surface area contributed by atoms with Gasteiger partial charge in [0.1, 0.15) is 12.6 Å². The topological polar surface area (TPSA) is 45.6 Å². The molecule has 2 amide bonds. The lowest BCUT2D eigenvalue weighted by atomic mass is 9.97. The number of aryl methyl sites for hydroxylation is 1. The standard InChI is InChI=1S/C30H28BrN3O2/c1-20(2)33(30(36)23-14-16-24(31)17-15-23)19-28(35)34-26-8-5-4-7-25(26)32-18-6-9-27(32)29(34)22-12-10-21(3)11-13-22/h4-18,20,29H,19H2,1-3H3. The van der Waals surface area contributed by atoms with E-state index in [1.807, 2.05) is 67.4 Å². The van der Waals surface area contributed by atoms with Crippen LogP contribution in [0.25, 0.3) is 5.69 Å². The van der Waals surface area contributed by atoms with Gasteiger partial charge in [0.15, 0.2) is 0 Å². The van der Waals surface area contributed by atoms with Gasteiger partial charge in [-0.05, 0) is 74.9 Å². The Bertz CT molecular complexity index is 1410. The lowest BCUT2D eigenvalue weighted by Crippen LogP contribution is -2.48. The van der Waals surface area contributed by atoms with E-state index in [4.69, 9.17) is 0 Å². The molecule has 0 radical (unpaired) electrons. The fourth-order valence-electron chi connectivity index (χ4n) is 4.80. The van der Waals surface area contributed by atoms with Crippen LogP contribution in [0.4, 0.5) is 5.69 Å². The summed E-state index contributed by atoms with van der Waals surface area (Å²) in [6.45, 7) is 5.91. The molecule has 0 spiro atoms. The van der Waals surface area contributed by atoms with Gasteiger partial charge in [0.2, 0.25) is 5.91 Å². The summed E-state index contributed by atoms with van der Waals surface area (Å²) >= 11 is 3.42. The van der Waals surface area contributed by atoms with E-state index in [-0.39, 0.29) is 30.4 Å². The Hall–Kier alpha value is -3.64. The maximum Gasteiger partial charge on any atom is 0.254 e. The monoisotopic (exact) mass is 541 g/mol. The highest BCUT2D eigenvalue weighted by Gasteiger charge is 2.37. The zero-order chi connectivity index (χ0) is 25.4. The second kappa shape index (κ2) is 9.78. The molecule has 0 N–H and O–H groups in total. The van der Waals surface area contributed by atoms with E-state index in [0.29, 0.717) is 5.56 Å². The van der Waals surface area contributed by atoms with E-state index < -0.39 is 0 Å². The number of para-hydroxylation sites is 2. The quantitative estimate of drug-likeness (QED) is 0.288. The Morgan fingerprint density at radius 1 is 0.889 bits per heavy atom. The number of halogens is 1. The molecule has 0 bridgehead atoms. The van der Waals surface area contributed by atoms with Gasteiger partial charge < -0.3 is 9.47 Å². The number of aromatic nitrogens is 1. The Morgan fingerprint density at radius 3 is 2.22 bits per heavy atom. The average Bonchev–Trinajstić information content (AvgIpc) is 3.37. The minimum atomic E-state index is -0.306. The van der Waals surface area contributed by atoms with Crippen molar-refractivity contribution in [1.29, 1.82) is 0 Å². The van der Waals surface area contributed by atoms with Crippen molar-refractivity contribution in [3.63, 3.8) is 0 Å². The number of nitrogens with zero attached hydrogens (tertiary/aromatic N) is 3. The van der Waals surface area contributed by atoms with Crippen molar-refractivity contribution in [3.05, 3.63) is 118 Å². The first-order valence-corrected chi connectivity index (χ1v) is 12.9. The zero-order valence-corrected chi connectivity index (χ0v) is 22.1. The molecule has 0 fully saturated rings. The summed E-state index contributed by atoms with van der Waals surface area (Å²) in [5, 5.41) is 0. The predicted octanol–water partition coefficient (Wildman–Crippen LogP) is 6.54. The highest BCUT2D eigenvalue weighted by Crippen LogP contribution is 2.42. The zero-order valence-electron chi connectivity index (χ0n) is 20.6. The van der Waals surface area contributed by atoms with Gasteiger partial charge in [-0.15, -0.1) is 0 Å². The van der Waals surface area contributed by atoms with E-state index in [9.17, 15) is 9.59 Å². The van der Waals surface area contributed by atoms with Crippen molar-refractivity contribution in [2.75, 3.05) is 11.4 Å². The van der Waals surface area contributed by atoms with Crippen LogP contribution in [0, 0.1) is 6.92 Å². The van der Waals surface area contributed by atoms with Crippen molar-refractivity contribution in [2.45, 2.75) is 32.9 Å². The van der Waals surface area contributed by atoms with Gasteiger partial charge >= 0.3 is 0 Å². The van der Waals surface area contributed by atoms with Gasteiger partial charge in [0.25, 0.3) is 5.91 Å². The third-order valence-electron chi connectivity index (χ3n) is 6.66. The third-order valence-corrected chi connectivity index (χ3v) is 7.19. The van der Waals surface area contributed by atoms with E-state index in [0.717, 1.165) is 32.7 Å². The second-order valence-electron chi connectivity index (χ2n) is 9.40. The maximum absolute atomic E-state index is 14.2. The molecule has 2 heterocycles. The van der Waals surface area contributed by atoms with E-state index in [2.05, 4.69) is 57.8 Å². The van der Waals surface area contributed by atoms with Crippen LogP contribution in [-0.4, -0.2) is 33.9 Å². The summed E-state index contributed by atoms with van der Waals surface area (Å²) in [5.74, 6) is -0.286. The molecule has 5 rings (SSSR count). The van der Waals surface area contributed by atoms with Crippen LogP contribution >= 0.6 is 15.9 Å². The van der Waals surface area contributed by atoms with E-state index in [1.54, 1.807) is 17.0 Å². The molecule has 1 aliphatic heterocycles. The number of amides is 2.